The number of carbonyl (C=O) groups is 2. The molecule has 1 amide bonds. The number of carboxylic acid groups (broad SMARTS) is 1. The third-order valence-corrected chi connectivity index (χ3v) is 3.42. The summed E-state index contributed by atoms with van der Waals surface area (Å²) in [5, 5.41) is 19.6. The van der Waals surface area contributed by atoms with Gasteiger partial charge in [-0.3, -0.25) is 19.7 Å². The van der Waals surface area contributed by atoms with Crippen LogP contribution < -0.4 is 0 Å². The summed E-state index contributed by atoms with van der Waals surface area (Å²) >= 11 is 0. The molecule has 0 aromatic heterocycles. The van der Waals surface area contributed by atoms with E-state index >= 15 is 0 Å². The van der Waals surface area contributed by atoms with Crippen molar-refractivity contribution in [1.29, 1.82) is 0 Å². The van der Waals surface area contributed by atoms with Crippen LogP contribution in [0.3, 0.4) is 0 Å². The van der Waals surface area contributed by atoms with Crippen molar-refractivity contribution in [3.8, 4) is 0 Å². The highest BCUT2D eigenvalue weighted by molar-refractivity contribution is 5.98. The second-order valence-corrected chi connectivity index (χ2v) is 4.92. The van der Waals surface area contributed by atoms with E-state index in [-0.39, 0.29) is 24.4 Å². The summed E-state index contributed by atoms with van der Waals surface area (Å²) in [5.74, 6) is -2.47. The molecule has 1 fully saturated rings. The van der Waals surface area contributed by atoms with E-state index in [1.54, 1.807) is 0 Å². The second kappa shape index (κ2) is 5.86. The lowest BCUT2D eigenvalue weighted by atomic mass is 10.1. The minimum Gasteiger partial charge on any atom is -0.481 e. The average Bonchev–Trinajstić information content (AvgIpc) is 2.85. The zero-order valence-electron chi connectivity index (χ0n) is 11.0. The summed E-state index contributed by atoms with van der Waals surface area (Å²) in [4.78, 5) is 34.4. The zero-order chi connectivity index (χ0) is 15.6. The van der Waals surface area contributed by atoms with Crippen molar-refractivity contribution in [3.63, 3.8) is 0 Å². The Balaban J connectivity index is 2.18. The fourth-order valence-electron chi connectivity index (χ4n) is 2.44. The Hall–Kier alpha value is -2.51. The van der Waals surface area contributed by atoms with E-state index in [0.29, 0.717) is 19.0 Å². The Morgan fingerprint density at radius 3 is 2.81 bits per heavy atom. The van der Waals surface area contributed by atoms with Crippen molar-refractivity contribution in [1.82, 2.24) is 4.90 Å². The van der Waals surface area contributed by atoms with Gasteiger partial charge in [0.2, 0.25) is 0 Å². The van der Waals surface area contributed by atoms with E-state index in [1.807, 2.05) is 0 Å². The summed E-state index contributed by atoms with van der Waals surface area (Å²) in [6.07, 6.45) is 0.488. The Morgan fingerprint density at radius 1 is 1.48 bits per heavy atom. The van der Waals surface area contributed by atoms with E-state index in [2.05, 4.69) is 0 Å². The molecule has 1 heterocycles. The predicted octanol–water partition coefficient (Wildman–Crippen LogP) is 1.67. The number of carboxylic acids is 1. The molecule has 2 rings (SSSR count). The van der Waals surface area contributed by atoms with Gasteiger partial charge in [0.05, 0.1) is 11.0 Å². The van der Waals surface area contributed by atoms with Crippen LogP contribution in [0.25, 0.3) is 0 Å². The summed E-state index contributed by atoms with van der Waals surface area (Å²) < 4.78 is 13.1. The second-order valence-electron chi connectivity index (χ2n) is 4.92. The van der Waals surface area contributed by atoms with Gasteiger partial charge >= 0.3 is 5.97 Å². The van der Waals surface area contributed by atoms with Crippen LogP contribution in [0.4, 0.5) is 10.1 Å². The van der Waals surface area contributed by atoms with Gasteiger partial charge in [-0.1, -0.05) is 0 Å². The molecule has 1 saturated heterocycles. The third-order valence-electron chi connectivity index (χ3n) is 3.42. The van der Waals surface area contributed by atoms with Crippen LogP contribution in [0.5, 0.6) is 0 Å². The third kappa shape index (κ3) is 3.33. The molecule has 1 aliphatic heterocycles. The van der Waals surface area contributed by atoms with E-state index < -0.39 is 28.3 Å². The maximum Gasteiger partial charge on any atom is 0.303 e. The lowest BCUT2D eigenvalue weighted by Gasteiger charge is -2.16. The number of likely N-dealkylation sites (tertiary alicyclic amines) is 1. The van der Waals surface area contributed by atoms with Crippen molar-refractivity contribution >= 4 is 17.6 Å². The van der Waals surface area contributed by atoms with Gasteiger partial charge in [-0.05, 0) is 24.5 Å². The average molecular weight is 296 g/mol. The first-order chi connectivity index (χ1) is 9.88. The van der Waals surface area contributed by atoms with Gasteiger partial charge in [-0.2, -0.15) is 0 Å². The van der Waals surface area contributed by atoms with Crippen molar-refractivity contribution in [2.24, 2.45) is 5.92 Å². The quantitative estimate of drug-likeness (QED) is 0.672. The smallest absolute Gasteiger partial charge is 0.303 e. The number of nitro groups is 1. The number of nitrogens with zero attached hydrogens (tertiary/aromatic N) is 2. The first kappa shape index (κ1) is 14.9. The van der Waals surface area contributed by atoms with Crippen LogP contribution >= 0.6 is 0 Å². The molecule has 1 aromatic carbocycles. The standard InChI is InChI=1S/C13H13FN2O5/c14-9-1-2-10(11(6-9)16(20)21)13(19)15-4-3-8(7-15)5-12(17)18/h1-2,6,8H,3-5,7H2,(H,17,18). The molecule has 1 N–H and O–H groups in total. The van der Waals surface area contributed by atoms with Gasteiger partial charge in [-0.25, -0.2) is 4.39 Å². The number of amides is 1. The van der Waals surface area contributed by atoms with E-state index in [1.165, 1.54) is 4.90 Å². The Kier molecular flexibility index (Phi) is 4.15. The lowest BCUT2D eigenvalue weighted by molar-refractivity contribution is -0.385. The molecular weight excluding hydrogens is 283 g/mol. The molecule has 8 heteroatoms. The summed E-state index contributed by atoms with van der Waals surface area (Å²) in [7, 11) is 0. The normalized spacial score (nSPS) is 17.8. The molecule has 0 spiro atoms. The summed E-state index contributed by atoms with van der Waals surface area (Å²) in [5.41, 5.74) is -0.765. The Labute approximate surface area is 119 Å². The van der Waals surface area contributed by atoms with Gasteiger partial charge in [0, 0.05) is 19.5 Å². The maximum atomic E-state index is 13.1. The molecule has 1 aromatic rings. The highest BCUT2D eigenvalue weighted by Crippen LogP contribution is 2.26. The number of hydrogen-bond acceptors (Lipinski definition) is 4. The minimum atomic E-state index is -0.943. The number of hydrogen-bond donors (Lipinski definition) is 1. The van der Waals surface area contributed by atoms with Crippen LogP contribution in [-0.2, 0) is 4.79 Å². The van der Waals surface area contributed by atoms with Crippen LogP contribution in [-0.4, -0.2) is 39.9 Å². The minimum absolute atomic E-state index is 0.0463. The van der Waals surface area contributed by atoms with Crippen molar-refractivity contribution in [3.05, 3.63) is 39.7 Å². The SMILES string of the molecule is O=C(O)CC1CCN(C(=O)c2ccc(F)cc2[N+](=O)[O-])C1. The van der Waals surface area contributed by atoms with E-state index in [0.717, 1.165) is 12.1 Å². The number of benzene rings is 1. The Morgan fingerprint density at radius 2 is 2.19 bits per heavy atom. The molecule has 0 aliphatic carbocycles. The largest absolute Gasteiger partial charge is 0.481 e. The van der Waals surface area contributed by atoms with Gasteiger partial charge < -0.3 is 10.0 Å². The van der Waals surface area contributed by atoms with Crippen LogP contribution in [0, 0.1) is 21.8 Å². The predicted molar refractivity (Wildman–Crippen MR) is 69.3 cm³/mol. The van der Waals surface area contributed by atoms with Gasteiger partial charge in [0.25, 0.3) is 11.6 Å². The summed E-state index contributed by atoms with van der Waals surface area (Å²) in [6.45, 7) is 0.574. The molecule has 0 bridgehead atoms. The molecule has 21 heavy (non-hydrogen) atoms. The van der Waals surface area contributed by atoms with Crippen molar-refractivity contribution in [2.45, 2.75) is 12.8 Å². The van der Waals surface area contributed by atoms with E-state index in [4.69, 9.17) is 5.11 Å². The molecule has 112 valence electrons. The number of rotatable bonds is 4. The fraction of sp³-hybridized carbons (Fsp3) is 0.385. The van der Waals surface area contributed by atoms with Gasteiger partial charge in [0.15, 0.2) is 0 Å². The van der Waals surface area contributed by atoms with E-state index in [9.17, 15) is 24.1 Å². The summed E-state index contributed by atoms with van der Waals surface area (Å²) in [6, 6.07) is 2.78. The molecule has 7 nitrogen and oxygen atoms in total. The van der Waals surface area contributed by atoms with Gasteiger partial charge in [0.1, 0.15) is 11.4 Å². The topological polar surface area (TPSA) is 101 Å². The molecular formula is C13H13FN2O5. The first-order valence-corrected chi connectivity index (χ1v) is 6.33. The number of aliphatic carboxylic acids is 1. The fourth-order valence-corrected chi connectivity index (χ4v) is 2.44. The van der Waals surface area contributed by atoms with Crippen LogP contribution in [0.1, 0.15) is 23.2 Å². The molecule has 1 atom stereocenters. The molecule has 1 unspecified atom stereocenters. The van der Waals surface area contributed by atoms with Crippen molar-refractivity contribution < 1.29 is 24.0 Å². The van der Waals surface area contributed by atoms with Crippen molar-refractivity contribution in [2.75, 3.05) is 13.1 Å². The molecule has 1 aliphatic rings. The lowest BCUT2D eigenvalue weighted by Crippen LogP contribution is -2.29. The van der Waals surface area contributed by atoms with Gasteiger partial charge in [-0.15, -0.1) is 0 Å². The Bertz CT molecular complexity index is 604. The number of nitro benzene ring substituents is 1. The molecule has 0 saturated carbocycles. The number of carbonyl (C=O) groups excluding carboxylic acids is 1. The number of halogens is 1. The zero-order valence-corrected chi connectivity index (χ0v) is 11.0. The highest BCUT2D eigenvalue weighted by Gasteiger charge is 2.31. The van der Waals surface area contributed by atoms with Crippen LogP contribution in [0.15, 0.2) is 18.2 Å². The first-order valence-electron chi connectivity index (χ1n) is 6.33. The monoisotopic (exact) mass is 296 g/mol. The maximum absolute atomic E-state index is 13.1. The van der Waals surface area contributed by atoms with Crippen LogP contribution in [0.2, 0.25) is 0 Å². The highest BCUT2D eigenvalue weighted by atomic mass is 19.1. The molecule has 0 radical (unpaired) electrons.